The number of hydrogen-bond acceptors (Lipinski definition) is 6. The third-order valence-electron chi connectivity index (χ3n) is 7.14. The highest BCUT2D eigenvalue weighted by atomic mass is 35.5. The molecule has 3 heterocycles. The molecule has 3 atom stereocenters. The molecule has 3 N–H and O–H groups in total. The van der Waals surface area contributed by atoms with Crippen LogP contribution in [-0.2, 0) is 24.1 Å². The molecule has 1 fully saturated rings. The van der Waals surface area contributed by atoms with E-state index in [-0.39, 0.29) is 30.3 Å². The van der Waals surface area contributed by atoms with Crippen molar-refractivity contribution in [2.24, 2.45) is 0 Å². The monoisotopic (exact) mass is 604 g/mol. The number of aliphatic hydroxyl groups excluding tert-OH is 2. The number of aliphatic hydroxyl groups is 2. The summed E-state index contributed by atoms with van der Waals surface area (Å²) < 4.78 is 42.0. The number of aromatic nitrogens is 2. The van der Waals surface area contributed by atoms with Crippen molar-refractivity contribution >= 4 is 39.9 Å². The molecule has 2 aromatic carbocycles. The molecule has 1 amide bonds. The maximum absolute atomic E-state index is 13.6. The second-order valence-electron chi connectivity index (χ2n) is 9.88. The highest BCUT2D eigenvalue weighted by Crippen LogP contribution is 2.37. The van der Waals surface area contributed by atoms with Crippen molar-refractivity contribution in [1.82, 2.24) is 19.8 Å². The Morgan fingerprint density at radius 1 is 1.12 bits per heavy atom. The van der Waals surface area contributed by atoms with Crippen molar-refractivity contribution in [2.75, 3.05) is 6.54 Å². The second kappa shape index (κ2) is 11.8. The van der Waals surface area contributed by atoms with Crippen LogP contribution in [0.4, 0.5) is 13.2 Å². The van der Waals surface area contributed by atoms with Crippen LogP contribution in [-0.4, -0.2) is 49.3 Å². The molecule has 2 unspecified atom stereocenters. The number of para-hydroxylation sites is 2. The predicted octanol–water partition coefficient (Wildman–Crippen LogP) is 5.51. The fourth-order valence-electron chi connectivity index (χ4n) is 5.16. The molecule has 0 aliphatic carbocycles. The molecule has 0 saturated carbocycles. The lowest BCUT2D eigenvalue weighted by Crippen LogP contribution is -2.45. The average Bonchev–Trinajstić information content (AvgIpc) is 3.69. The van der Waals surface area contributed by atoms with Crippen molar-refractivity contribution in [3.63, 3.8) is 0 Å². The van der Waals surface area contributed by atoms with Gasteiger partial charge in [0.2, 0.25) is 5.82 Å². The van der Waals surface area contributed by atoms with E-state index < -0.39 is 30.1 Å². The van der Waals surface area contributed by atoms with Gasteiger partial charge in [0.25, 0.3) is 5.91 Å². The molecule has 41 heavy (non-hydrogen) atoms. The number of halogens is 4. The Hall–Kier alpha value is -3.38. The molecule has 1 aliphatic heterocycles. The molecule has 12 heteroatoms. The minimum absolute atomic E-state index is 0.0331. The molecular weight excluding hydrogens is 577 g/mol. The number of fused-ring (bicyclic) bond motifs is 1. The number of benzene rings is 2. The van der Waals surface area contributed by atoms with E-state index in [9.17, 15) is 28.2 Å². The van der Waals surface area contributed by atoms with Crippen LogP contribution in [0.5, 0.6) is 0 Å². The molecule has 216 valence electrons. The van der Waals surface area contributed by atoms with Gasteiger partial charge in [-0.15, -0.1) is 11.3 Å². The smallest absolute Gasteiger partial charge is 0.384 e. The highest BCUT2D eigenvalue weighted by molar-refractivity contribution is 7.12. The summed E-state index contributed by atoms with van der Waals surface area (Å²) in [4.78, 5) is 19.7. The van der Waals surface area contributed by atoms with E-state index in [4.69, 9.17) is 11.6 Å². The van der Waals surface area contributed by atoms with E-state index in [2.05, 4.69) is 16.9 Å². The quantitative estimate of drug-likeness (QED) is 0.235. The van der Waals surface area contributed by atoms with Gasteiger partial charge in [-0.2, -0.15) is 13.2 Å². The maximum Gasteiger partial charge on any atom is 0.449 e. The molecule has 2 aromatic heterocycles. The van der Waals surface area contributed by atoms with Crippen LogP contribution in [0.2, 0.25) is 5.02 Å². The maximum atomic E-state index is 13.6. The van der Waals surface area contributed by atoms with Gasteiger partial charge in [0.05, 0.1) is 30.2 Å². The van der Waals surface area contributed by atoms with Gasteiger partial charge in [-0.3, -0.25) is 4.79 Å². The lowest BCUT2D eigenvalue weighted by Gasteiger charge is -2.32. The molecule has 0 spiro atoms. The zero-order valence-electron chi connectivity index (χ0n) is 21.8. The van der Waals surface area contributed by atoms with Gasteiger partial charge < -0.3 is 25.0 Å². The van der Waals surface area contributed by atoms with Crippen LogP contribution >= 0.6 is 22.9 Å². The average molecular weight is 605 g/mol. The van der Waals surface area contributed by atoms with Crippen LogP contribution < -0.4 is 5.32 Å². The first kappa shape index (κ1) is 29.1. The fraction of sp³-hybridized carbons (Fsp3) is 0.310. The summed E-state index contributed by atoms with van der Waals surface area (Å²) in [6, 6.07) is 17.1. The van der Waals surface area contributed by atoms with Gasteiger partial charge >= 0.3 is 6.18 Å². The number of thiophene rings is 1. The Kier molecular flexibility index (Phi) is 8.42. The van der Waals surface area contributed by atoms with Gasteiger partial charge in [0.15, 0.2) is 6.10 Å². The van der Waals surface area contributed by atoms with Crippen LogP contribution in [0, 0.1) is 0 Å². The number of imidazole rings is 1. The predicted molar refractivity (Wildman–Crippen MR) is 151 cm³/mol. The van der Waals surface area contributed by atoms with E-state index in [1.54, 1.807) is 36.4 Å². The van der Waals surface area contributed by atoms with Gasteiger partial charge in [-0.05, 0) is 54.8 Å². The number of carbonyl (C=O) groups is 1. The molecule has 5 rings (SSSR count). The largest absolute Gasteiger partial charge is 0.449 e. The zero-order chi connectivity index (χ0) is 29.3. The van der Waals surface area contributed by atoms with Crippen molar-refractivity contribution < 1.29 is 28.2 Å². The summed E-state index contributed by atoms with van der Waals surface area (Å²) in [5.41, 5.74) is 1.82. The standard InChI is InChI=1S/C29H28ClF3N4O3S/c1-17(36-13-5-10-23(36)18-6-4-7-19(30)14-18)25(38)26(39)27(40)34-15-20-11-12-21(41-20)16-37-24-9-3-2-8-22(24)35-28(37)29(31,32)33/h2-4,6-9,11-12,14,23,25-26,38-39H,1,5,10,13,15-16H2,(H,34,40)/t23-,25?,26?/m1/s1. The van der Waals surface area contributed by atoms with E-state index >= 15 is 0 Å². The van der Waals surface area contributed by atoms with Gasteiger partial charge in [-0.1, -0.05) is 42.4 Å². The summed E-state index contributed by atoms with van der Waals surface area (Å²) in [6.07, 6.45) is -6.23. The summed E-state index contributed by atoms with van der Waals surface area (Å²) in [6.45, 7) is 4.56. The van der Waals surface area contributed by atoms with E-state index in [0.717, 1.165) is 23.0 Å². The van der Waals surface area contributed by atoms with E-state index in [1.165, 1.54) is 17.4 Å². The van der Waals surface area contributed by atoms with Crippen molar-refractivity contribution in [1.29, 1.82) is 0 Å². The van der Waals surface area contributed by atoms with Gasteiger partial charge in [0, 0.05) is 27.0 Å². The minimum atomic E-state index is -4.61. The molecule has 1 aliphatic rings. The number of likely N-dealkylation sites (tertiary alicyclic amines) is 1. The second-order valence-corrected chi connectivity index (χ2v) is 11.6. The Balaban J connectivity index is 1.21. The highest BCUT2D eigenvalue weighted by Gasteiger charge is 2.38. The fourth-order valence-corrected chi connectivity index (χ4v) is 6.30. The Labute approximate surface area is 243 Å². The van der Waals surface area contributed by atoms with E-state index in [1.807, 2.05) is 23.1 Å². The normalized spacial score (nSPS) is 17.1. The van der Waals surface area contributed by atoms with Crippen LogP contribution in [0.3, 0.4) is 0 Å². The molecule has 7 nitrogen and oxygen atoms in total. The SMILES string of the molecule is C=C(C(O)C(O)C(=O)NCc1ccc(Cn2c(C(F)(F)F)nc3ccccc32)s1)N1CCC[C@@H]1c1cccc(Cl)c1. The van der Waals surface area contributed by atoms with Crippen LogP contribution in [0.15, 0.2) is 72.9 Å². The summed E-state index contributed by atoms with van der Waals surface area (Å²) in [5.74, 6) is -1.76. The third-order valence-corrected chi connectivity index (χ3v) is 8.45. The third kappa shape index (κ3) is 6.28. The lowest BCUT2D eigenvalue weighted by atomic mass is 10.0. The van der Waals surface area contributed by atoms with E-state index in [0.29, 0.717) is 26.8 Å². The van der Waals surface area contributed by atoms with Crippen molar-refractivity contribution in [2.45, 2.75) is 50.4 Å². The minimum Gasteiger partial charge on any atom is -0.384 e. The Bertz CT molecular complexity index is 1570. The lowest BCUT2D eigenvalue weighted by molar-refractivity contribution is -0.146. The summed E-state index contributed by atoms with van der Waals surface area (Å²) >= 11 is 7.38. The Morgan fingerprint density at radius 2 is 1.88 bits per heavy atom. The number of carbonyl (C=O) groups excluding carboxylic acids is 1. The first-order valence-corrected chi connectivity index (χ1v) is 14.2. The summed E-state index contributed by atoms with van der Waals surface area (Å²) in [5, 5.41) is 24.6. The zero-order valence-corrected chi connectivity index (χ0v) is 23.4. The first-order chi connectivity index (χ1) is 19.5. The van der Waals surface area contributed by atoms with Gasteiger partial charge in [0.1, 0.15) is 6.10 Å². The summed E-state index contributed by atoms with van der Waals surface area (Å²) in [7, 11) is 0. The molecule has 0 bridgehead atoms. The number of amides is 1. The van der Waals surface area contributed by atoms with Crippen molar-refractivity contribution in [3.8, 4) is 0 Å². The van der Waals surface area contributed by atoms with Gasteiger partial charge in [-0.25, -0.2) is 4.98 Å². The number of alkyl halides is 3. The Morgan fingerprint density at radius 3 is 2.63 bits per heavy atom. The number of nitrogens with one attached hydrogen (secondary N) is 1. The molecule has 0 radical (unpaired) electrons. The number of rotatable bonds is 9. The topological polar surface area (TPSA) is 90.6 Å². The molecule has 1 saturated heterocycles. The van der Waals surface area contributed by atoms with Crippen LogP contribution in [0.25, 0.3) is 11.0 Å². The number of nitrogens with zero attached hydrogens (tertiary/aromatic N) is 3. The first-order valence-electron chi connectivity index (χ1n) is 13.0. The number of hydrogen-bond donors (Lipinski definition) is 3. The van der Waals surface area contributed by atoms with Crippen molar-refractivity contribution in [3.05, 3.63) is 99.1 Å². The molecular formula is C29H28ClF3N4O3S. The molecule has 4 aromatic rings. The van der Waals surface area contributed by atoms with Crippen LogP contribution in [0.1, 0.15) is 40.0 Å².